The number of fused-ring (bicyclic) bond motifs is 1. The molecule has 8 heteroatoms. The second-order valence-corrected chi connectivity index (χ2v) is 5.19. The molecule has 0 atom stereocenters. The van der Waals surface area contributed by atoms with Gasteiger partial charge >= 0.3 is 5.97 Å². The molecule has 0 spiro atoms. The van der Waals surface area contributed by atoms with Crippen molar-refractivity contribution < 1.29 is 19.1 Å². The number of nitrogens with one attached hydrogen (secondary N) is 1. The lowest BCUT2D eigenvalue weighted by atomic mass is 10.1. The minimum Gasteiger partial charge on any atom is -0.476 e. The van der Waals surface area contributed by atoms with Crippen LogP contribution in [0.3, 0.4) is 0 Å². The number of halogens is 1. The van der Waals surface area contributed by atoms with Gasteiger partial charge in [0.15, 0.2) is 5.69 Å². The van der Waals surface area contributed by atoms with Crippen LogP contribution in [0.1, 0.15) is 10.5 Å². The van der Waals surface area contributed by atoms with Gasteiger partial charge in [0.1, 0.15) is 12.4 Å². The lowest BCUT2D eigenvalue weighted by Gasteiger charge is -2.10. The number of rotatable bonds is 4. The average Bonchev–Trinajstić information content (AvgIpc) is 2.59. The van der Waals surface area contributed by atoms with Gasteiger partial charge in [-0.25, -0.2) is 13.9 Å². The van der Waals surface area contributed by atoms with E-state index in [1.165, 1.54) is 30.3 Å². The van der Waals surface area contributed by atoms with Crippen LogP contribution in [0, 0.1) is 5.82 Å². The summed E-state index contributed by atoms with van der Waals surface area (Å²) in [6.45, 7) is -0.543. The quantitative estimate of drug-likeness (QED) is 0.754. The second-order valence-electron chi connectivity index (χ2n) is 5.19. The number of carboxylic acids is 1. The van der Waals surface area contributed by atoms with E-state index in [0.29, 0.717) is 0 Å². The highest BCUT2D eigenvalue weighted by Gasteiger charge is 2.17. The smallest absolute Gasteiger partial charge is 0.357 e. The number of amides is 1. The number of carboxylic acid groups (broad SMARTS) is 1. The van der Waals surface area contributed by atoms with Crippen LogP contribution in [-0.4, -0.2) is 26.8 Å². The summed E-state index contributed by atoms with van der Waals surface area (Å²) in [4.78, 5) is 35.9. The van der Waals surface area contributed by atoms with E-state index in [9.17, 15) is 23.9 Å². The molecule has 3 rings (SSSR count). The Balaban J connectivity index is 1.97. The van der Waals surface area contributed by atoms with Crippen molar-refractivity contribution >= 4 is 28.3 Å². The first-order chi connectivity index (χ1) is 12.0. The zero-order chi connectivity index (χ0) is 18.0. The lowest BCUT2D eigenvalue weighted by Crippen LogP contribution is -2.31. The number of benzene rings is 2. The van der Waals surface area contributed by atoms with Crippen molar-refractivity contribution in [3.05, 3.63) is 70.4 Å². The van der Waals surface area contributed by atoms with Crippen LogP contribution in [0.25, 0.3) is 10.8 Å². The molecule has 1 aromatic heterocycles. The number of hydrogen-bond donors (Lipinski definition) is 2. The molecule has 126 valence electrons. The average molecular weight is 341 g/mol. The van der Waals surface area contributed by atoms with E-state index in [0.717, 1.165) is 4.68 Å². The minimum atomic E-state index is -1.32. The highest BCUT2D eigenvalue weighted by atomic mass is 19.1. The first-order valence-corrected chi connectivity index (χ1v) is 7.25. The Morgan fingerprint density at radius 2 is 1.72 bits per heavy atom. The van der Waals surface area contributed by atoms with Gasteiger partial charge in [0.05, 0.1) is 11.1 Å². The van der Waals surface area contributed by atoms with Gasteiger partial charge in [-0.15, -0.1) is 0 Å². The zero-order valence-electron chi connectivity index (χ0n) is 12.8. The van der Waals surface area contributed by atoms with Gasteiger partial charge in [-0.3, -0.25) is 9.59 Å². The maximum absolute atomic E-state index is 13.6. The van der Waals surface area contributed by atoms with Crippen molar-refractivity contribution in [3.63, 3.8) is 0 Å². The van der Waals surface area contributed by atoms with Crippen molar-refractivity contribution in [1.29, 1.82) is 0 Å². The van der Waals surface area contributed by atoms with E-state index >= 15 is 0 Å². The number of carbonyl (C=O) groups is 2. The predicted octanol–water partition coefficient (Wildman–Crippen LogP) is 1.87. The first-order valence-electron chi connectivity index (χ1n) is 7.25. The Labute approximate surface area is 140 Å². The van der Waals surface area contributed by atoms with Crippen LogP contribution >= 0.6 is 0 Å². The van der Waals surface area contributed by atoms with Crippen molar-refractivity contribution in [1.82, 2.24) is 9.78 Å². The third-order valence-corrected chi connectivity index (χ3v) is 3.51. The van der Waals surface area contributed by atoms with Crippen molar-refractivity contribution in [3.8, 4) is 0 Å². The van der Waals surface area contributed by atoms with Crippen molar-refractivity contribution in [2.75, 3.05) is 5.32 Å². The molecule has 3 aromatic rings. The van der Waals surface area contributed by atoms with Crippen LogP contribution in [0.4, 0.5) is 10.1 Å². The molecular formula is C17H12FN3O4. The summed E-state index contributed by atoms with van der Waals surface area (Å²) < 4.78 is 14.3. The van der Waals surface area contributed by atoms with Gasteiger partial charge in [0.2, 0.25) is 5.91 Å². The van der Waals surface area contributed by atoms with Crippen LogP contribution in [0.15, 0.2) is 53.3 Å². The number of carbonyl (C=O) groups excluding carboxylic acids is 1. The van der Waals surface area contributed by atoms with E-state index in [1.54, 1.807) is 18.2 Å². The molecule has 0 aliphatic rings. The van der Waals surface area contributed by atoms with Gasteiger partial charge in [-0.2, -0.15) is 5.10 Å². The monoisotopic (exact) mass is 341 g/mol. The van der Waals surface area contributed by atoms with Crippen LogP contribution < -0.4 is 10.9 Å². The number of para-hydroxylation sites is 1. The minimum absolute atomic E-state index is 0.0419. The largest absolute Gasteiger partial charge is 0.476 e. The van der Waals surface area contributed by atoms with E-state index in [-0.39, 0.29) is 22.2 Å². The second kappa shape index (κ2) is 6.52. The molecule has 1 amide bonds. The summed E-state index contributed by atoms with van der Waals surface area (Å²) in [7, 11) is 0. The lowest BCUT2D eigenvalue weighted by molar-refractivity contribution is -0.117. The summed E-state index contributed by atoms with van der Waals surface area (Å²) in [5, 5.41) is 15.7. The molecule has 1 heterocycles. The predicted molar refractivity (Wildman–Crippen MR) is 88.0 cm³/mol. The fraction of sp³-hybridized carbons (Fsp3) is 0.0588. The first kappa shape index (κ1) is 16.3. The molecule has 2 N–H and O–H groups in total. The highest BCUT2D eigenvalue weighted by Crippen LogP contribution is 2.14. The molecule has 0 aliphatic heterocycles. The van der Waals surface area contributed by atoms with Crippen molar-refractivity contribution in [2.24, 2.45) is 0 Å². The summed E-state index contributed by atoms with van der Waals surface area (Å²) in [5.74, 6) is -2.65. The fourth-order valence-corrected chi connectivity index (χ4v) is 2.39. The van der Waals surface area contributed by atoms with E-state index < -0.39 is 29.8 Å². The van der Waals surface area contributed by atoms with Gasteiger partial charge in [0.25, 0.3) is 5.56 Å². The molecule has 0 bridgehead atoms. The number of aromatic nitrogens is 2. The molecule has 0 saturated carbocycles. The molecular weight excluding hydrogens is 329 g/mol. The molecule has 0 saturated heterocycles. The molecule has 0 aliphatic carbocycles. The standard InChI is InChI=1S/C17H12FN3O4/c18-12-7-3-4-8-13(12)19-14(22)9-21-16(23)11-6-2-1-5-10(11)15(20-21)17(24)25/h1-8H,9H2,(H,19,22)(H,24,25). The molecule has 0 fully saturated rings. The molecule has 2 aromatic carbocycles. The number of aromatic carboxylic acids is 1. The number of anilines is 1. The highest BCUT2D eigenvalue weighted by molar-refractivity contribution is 6.01. The van der Waals surface area contributed by atoms with E-state index in [1.807, 2.05) is 0 Å². The van der Waals surface area contributed by atoms with Gasteiger partial charge in [-0.05, 0) is 18.2 Å². The summed E-state index contributed by atoms with van der Waals surface area (Å²) in [5.41, 5.74) is -0.988. The molecule has 0 unspecified atom stereocenters. The third-order valence-electron chi connectivity index (χ3n) is 3.51. The summed E-state index contributed by atoms with van der Waals surface area (Å²) in [6.07, 6.45) is 0. The van der Waals surface area contributed by atoms with Crippen LogP contribution in [0.5, 0.6) is 0 Å². The SMILES string of the molecule is O=C(Cn1nc(C(=O)O)c2ccccc2c1=O)Nc1ccccc1F. The number of hydrogen-bond acceptors (Lipinski definition) is 4. The van der Waals surface area contributed by atoms with E-state index in [2.05, 4.69) is 10.4 Å². The molecule has 25 heavy (non-hydrogen) atoms. The van der Waals surface area contributed by atoms with Gasteiger partial charge < -0.3 is 10.4 Å². The summed E-state index contributed by atoms with van der Waals surface area (Å²) >= 11 is 0. The van der Waals surface area contributed by atoms with Gasteiger partial charge in [0, 0.05) is 5.39 Å². The molecule has 0 radical (unpaired) electrons. The summed E-state index contributed by atoms with van der Waals surface area (Å²) in [6, 6.07) is 11.7. The maximum Gasteiger partial charge on any atom is 0.357 e. The van der Waals surface area contributed by atoms with Crippen LogP contribution in [0.2, 0.25) is 0 Å². The van der Waals surface area contributed by atoms with Crippen molar-refractivity contribution in [2.45, 2.75) is 6.54 Å². The fourth-order valence-electron chi connectivity index (χ4n) is 2.39. The Hall–Kier alpha value is -3.55. The van der Waals surface area contributed by atoms with Gasteiger partial charge in [-0.1, -0.05) is 30.3 Å². The Bertz CT molecular complexity index is 1050. The Morgan fingerprint density at radius 3 is 2.40 bits per heavy atom. The normalized spacial score (nSPS) is 10.6. The maximum atomic E-state index is 13.6. The Morgan fingerprint density at radius 1 is 1.08 bits per heavy atom. The topological polar surface area (TPSA) is 101 Å². The van der Waals surface area contributed by atoms with E-state index in [4.69, 9.17) is 0 Å². The van der Waals surface area contributed by atoms with Crippen LogP contribution in [-0.2, 0) is 11.3 Å². The number of nitrogens with zero attached hydrogens (tertiary/aromatic N) is 2. The Kier molecular flexibility index (Phi) is 4.25. The third kappa shape index (κ3) is 3.23. The zero-order valence-corrected chi connectivity index (χ0v) is 12.8. The molecule has 7 nitrogen and oxygen atoms in total.